The average Bonchev–Trinajstić information content (AvgIpc) is 3.41. The summed E-state index contributed by atoms with van der Waals surface area (Å²) >= 11 is 0. The number of benzene rings is 2. The Hall–Kier alpha value is -3.73. The number of oxazole rings is 1. The molecule has 5 rings (SSSR count). The maximum absolute atomic E-state index is 13.2. The Morgan fingerprint density at radius 3 is 2.54 bits per heavy atom. The van der Waals surface area contributed by atoms with Crippen molar-refractivity contribution < 1.29 is 28.6 Å². The Bertz CT molecular complexity index is 1320. The molecule has 2 bridgehead atoms. The fraction of sp³-hybridized carbons (Fsp3) is 0.452. The first-order chi connectivity index (χ1) is 19.9. The molecule has 10 nitrogen and oxygen atoms in total. The lowest BCUT2D eigenvalue weighted by atomic mass is 9.93. The van der Waals surface area contributed by atoms with Crippen LogP contribution in [0.1, 0.15) is 69.0 Å². The summed E-state index contributed by atoms with van der Waals surface area (Å²) in [4.78, 5) is 31.9. The summed E-state index contributed by atoms with van der Waals surface area (Å²) in [6.07, 6.45) is 4.77. The van der Waals surface area contributed by atoms with Crippen molar-refractivity contribution >= 4 is 11.8 Å². The molecule has 2 saturated heterocycles. The highest BCUT2D eigenvalue weighted by Gasteiger charge is 2.38. The molecule has 4 N–H and O–H groups in total. The standard InChI is InChI=1S/C31H38N4O6/c1-20-29(41-19-34-20)18-40-28-12-10-21(24(13-28)14-32)9-11-27(36)15-33-30(37)22-5-7-23(8-6-22)31(38)35-25-3-2-4-26(35)17-39-16-25/h5-8,10,12-13,19,25-27,36H,2-4,9,11,14-18,32H2,1H3,(H,33,37)/t25?,26?,27-/m0/s1. The molecule has 3 aromatic rings. The average molecular weight is 563 g/mol. The fourth-order valence-corrected chi connectivity index (χ4v) is 5.55. The van der Waals surface area contributed by atoms with E-state index in [1.165, 1.54) is 6.39 Å². The van der Waals surface area contributed by atoms with Crippen molar-refractivity contribution in [1.29, 1.82) is 0 Å². The summed E-state index contributed by atoms with van der Waals surface area (Å²) in [6.45, 7) is 3.77. The second kappa shape index (κ2) is 13.3. The molecule has 10 heteroatoms. The van der Waals surface area contributed by atoms with Gasteiger partial charge in [0.25, 0.3) is 11.8 Å². The van der Waals surface area contributed by atoms with Crippen LogP contribution in [0, 0.1) is 6.92 Å². The van der Waals surface area contributed by atoms with Gasteiger partial charge in [0.1, 0.15) is 12.4 Å². The summed E-state index contributed by atoms with van der Waals surface area (Å²) < 4.78 is 16.8. The van der Waals surface area contributed by atoms with Gasteiger partial charge in [-0.1, -0.05) is 6.07 Å². The van der Waals surface area contributed by atoms with Crippen LogP contribution in [0.3, 0.4) is 0 Å². The number of nitrogens with one attached hydrogen (secondary N) is 1. The third-order valence-corrected chi connectivity index (χ3v) is 7.97. The zero-order valence-corrected chi connectivity index (χ0v) is 23.4. The number of ether oxygens (including phenoxy) is 2. The van der Waals surface area contributed by atoms with Crippen molar-refractivity contribution in [2.75, 3.05) is 19.8 Å². The fourth-order valence-electron chi connectivity index (χ4n) is 5.55. The van der Waals surface area contributed by atoms with Crippen molar-refractivity contribution in [3.63, 3.8) is 0 Å². The van der Waals surface area contributed by atoms with Gasteiger partial charge < -0.3 is 34.9 Å². The lowest BCUT2D eigenvalue weighted by Crippen LogP contribution is -2.57. The second-order valence-electron chi connectivity index (χ2n) is 10.8. The van der Waals surface area contributed by atoms with Crippen molar-refractivity contribution in [3.05, 3.63) is 82.6 Å². The zero-order valence-electron chi connectivity index (χ0n) is 23.4. The largest absolute Gasteiger partial charge is 0.486 e. The number of morpholine rings is 1. The number of carbonyl (C=O) groups is 2. The van der Waals surface area contributed by atoms with E-state index in [4.69, 9.17) is 19.6 Å². The topological polar surface area (TPSA) is 140 Å². The van der Waals surface area contributed by atoms with Crippen LogP contribution in [0.25, 0.3) is 0 Å². The van der Waals surface area contributed by atoms with Gasteiger partial charge in [-0.15, -0.1) is 0 Å². The van der Waals surface area contributed by atoms with Gasteiger partial charge in [0.2, 0.25) is 0 Å². The number of hydrogen-bond acceptors (Lipinski definition) is 8. The molecule has 3 heterocycles. The van der Waals surface area contributed by atoms with Crippen LogP contribution in [0.4, 0.5) is 0 Å². The second-order valence-corrected chi connectivity index (χ2v) is 10.8. The summed E-state index contributed by atoms with van der Waals surface area (Å²) in [5.74, 6) is 1.05. The number of carbonyl (C=O) groups excluding carboxylic acids is 2. The van der Waals surface area contributed by atoms with Gasteiger partial charge in [-0.25, -0.2) is 4.98 Å². The highest BCUT2D eigenvalue weighted by Crippen LogP contribution is 2.29. The predicted molar refractivity (Wildman–Crippen MR) is 151 cm³/mol. The Morgan fingerprint density at radius 1 is 1.12 bits per heavy atom. The van der Waals surface area contributed by atoms with E-state index >= 15 is 0 Å². The first-order valence-electron chi connectivity index (χ1n) is 14.2. The molecule has 2 amide bonds. The number of hydrogen-bond donors (Lipinski definition) is 3. The van der Waals surface area contributed by atoms with Gasteiger partial charge in [0.05, 0.1) is 37.1 Å². The van der Waals surface area contributed by atoms with E-state index in [2.05, 4.69) is 10.3 Å². The van der Waals surface area contributed by atoms with E-state index in [0.717, 1.165) is 36.1 Å². The highest BCUT2D eigenvalue weighted by atomic mass is 16.5. The number of aliphatic hydroxyl groups excluding tert-OH is 1. The van der Waals surface area contributed by atoms with Crippen LogP contribution < -0.4 is 15.8 Å². The molecular weight excluding hydrogens is 524 g/mol. The third kappa shape index (κ3) is 6.95. The molecule has 2 fully saturated rings. The lowest BCUT2D eigenvalue weighted by Gasteiger charge is -2.45. The Morgan fingerprint density at radius 2 is 1.85 bits per heavy atom. The molecule has 2 aliphatic rings. The molecule has 0 radical (unpaired) electrons. The van der Waals surface area contributed by atoms with Crippen molar-refractivity contribution in [2.45, 2.75) is 70.4 Å². The summed E-state index contributed by atoms with van der Waals surface area (Å²) in [5.41, 5.74) is 9.72. The molecule has 2 aromatic carbocycles. The Kier molecular flexibility index (Phi) is 9.33. The first kappa shape index (κ1) is 28.8. The Balaban J connectivity index is 1.08. The van der Waals surface area contributed by atoms with Crippen LogP contribution in [-0.2, 0) is 24.3 Å². The number of piperidine rings is 1. The molecule has 1 aromatic heterocycles. The molecule has 41 heavy (non-hydrogen) atoms. The number of nitrogens with zero attached hydrogens (tertiary/aromatic N) is 2. The van der Waals surface area contributed by atoms with Gasteiger partial charge in [0.15, 0.2) is 12.2 Å². The quantitative estimate of drug-likeness (QED) is 0.324. The maximum atomic E-state index is 13.2. The smallest absolute Gasteiger partial charge is 0.254 e. The summed E-state index contributed by atoms with van der Waals surface area (Å²) in [5, 5.41) is 13.3. The summed E-state index contributed by atoms with van der Waals surface area (Å²) in [6, 6.07) is 12.7. The van der Waals surface area contributed by atoms with Crippen LogP contribution in [0.15, 0.2) is 53.3 Å². The van der Waals surface area contributed by atoms with E-state index < -0.39 is 6.10 Å². The van der Waals surface area contributed by atoms with Gasteiger partial charge in [-0.05, 0) is 86.6 Å². The lowest BCUT2D eigenvalue weighted by molar-refractivity contribution is -0.0565. The number of amides is 2. The molecule has 0 spiro atoms. The number of aryl methyl sites for hydroxylation is 2. The molecule has 2 aliphatic heterocycles. The van der Waals surface area contributed by atoms with Gasteiger partial charge in [-0.3, -0.25) is 9.59 Å². The van der Waals surface area contributed by atoms with E-state index in [1.54, 1.807) is 24.3 Å². The highest BCUT2D eigenvalue weighted by molar-refractivity contribution is 5.98. The minimum Gasteiger partial charge on any atom is -0.486 e. The van der Waals surface area contributed by atoms with E-state index in [9.17, 15) is 14.7 Å². The third-order valence-electron chi connectivity index (χ3n) is 7.97. The first-order valence-corrected chi connectivity index (χ1v) is 14.2. The zero-order chi connectivity index (χ0) is 28.8. The molecule has 3 atom stereocenters. The number of aliphatic hydroxyl groups is 1. The van der Waals surface area contributed by atoms with E-state index in [-0.39, 0.29) is 37.0 Å². The Labute approximate surface area is 239 Å². The molecule has 218 valence electrons. The van der Waals surface area contributed by atoms with E-state index in [1.807, 2.05) is 30.0 Å². The molecule has 2 unspecified atom stereocenters. The van der Waals surface area contributed by atoms with Gasteiger partial charge in [-0.2, -0.15) is 0 Å². The van der Waals surface area contributed by atoms with Crippen LogP contribution in [0.5, 0.6) is 5.75 Å². The van der Waals surface area contributed by atoms with Crippen LogP contribution in [0.2, 0.25) is 0 Å². The number of rotatable bonds is 11. The van der Waals surface area contributed by atoms with Gasteiger partial charge >= 0.3 is 0 Å². The monoisotopic (exact) mass is 562 g/mol. The molecule has 0 saturated carbocycles. The normalized spacial score (nSPS) is 19.0. The van der Waals surface area contributed by atoms with Crippen molar-refractivity contribution in [1.82, 2.24) is 15.2 Å². The molecule has 0 aliphatic carbocycles. The van der Waals surface area contributed by atoms with Crippen molar-refractivity contribution in [2.24, 2.45) is 5.73 Å². The number of aromatic nitrogens is 1. The van der Waals surface area contributed by atoms with Crippen LogP contribution in [-0.4, -0.2) is 64.8 Å². The van der Waals surface area contributed by atoms with Crippen molar-refractivity contribution in [3.8, 4) is 5.75 Å². The number of fused-ring (bicyclic) bond motifs is 2. The predicted octanol–water partition coefficient (Wildman–Crippen LogP) is 3.14. The van der Waals surface area contributed by atoms with Crippen LogP contribution >= 0.6 is 0 Å². The minimum absolute atomic E-state index is 0.00764. The maximum Gasteiger partial charge on any atom is 0.254 e. The number of nitrogens with two attached hydrogens (primary N) is 1. The van der Waals surface area contributed by atoms with Gasteiger partial charge in [0, 0.05) is 24.2 Å². The minimum atomic E-state index is -0.725. The molecular formula is C31H38N4O6. The van der Waals surface area contributed by atoms with E-state index in [0.29, 0.717) is 55.2 Å². The SMILES string of the molecule is Cc1ncoc1COc1ccc(CC[C@H](O)CNC(=O)c2ccc(C(=O)N3C4CCCC3COC4)cc2)c(CN)c1. The summed E-state index contributed by atoms with van der Waals surface area (Å²) in [7, 11) is 0.